The van der Waals surface area contributed by atoms with E-state index in [1.807, 2.05) is 18.2 Å². The van der Waals surface area contributed by atoms with Crippen LogP contribution in [0.4, 0.5) is 0 Å². The van der Waals surface area contributed by atoms with E-state index in [4.69, 9.17) is 5.73 Å². The summed E-state index contributed by atoms with van der Waals surface area (Å²) in [6.45, 7) is 2.53. The molecule has 0 amide bonds. The summed E-state index contributed by atoms with van der Waals surface area (Å²) in [6.07, 6.45) is 1.75. The van der Waals surface area contributed by atoms with Gasteiger partial charge in [0, 0.05) is 17.6 Å². The molecular weight excluding hydrogens is 218 g/mol. The quantitative estimate of drug-likeness (QED) is 0.824. The van der Waals surface area contributed by atoms with Crippen LogP contribution in [0.1, 0.15) is 11.3 Å². The zero-order valence-corrected chi connectivity index (χ0v) is 9.87. The van der Waals surface area contributed by atoms with E-state index in [0.717, 1.165) is 10.9 Å². The van der Waals surface area contributed by atoms with E-state index in [9.17, 15) is 0 Å². The molecule has 0 saturated heterocycles. The molecule has 0 unspecified atom stereocenters. The molecule has 2 aromatic rings. The summed E-state index contributed by atoms with van der Waals surface area (Å²) in [7, 11) is 0. The minimum absolute atomic E-state index is 0.448. The predicted octanol–water partition coefficient (Wildman–Crippen LogP) is 2.39. The van der Waals surface area contributed by atoms with Crippen LogP contribution in [0.25, 0.3) is 0 Å². The van der Waals surface area contributed by atoms with Crippen LogP contribution < -0.4 is 5.73 Å². The Hall–Kier alpha value is -1.39. The fourth-order valence-corrected chi connectivity index (χ4v) is 2.16. The number of nitrogens with zero attached hydrogens (tertiary/aromatic N) is 2. The maximum atomic E-state index is 5.54. The van der Waals surface area contributed by atoms with E-state index in [2.05, 4.69) is 29.0 Å². The van der Waals surface area contributed by atoms with Gasteiger partial charge in [-0.1, -0.05) is 18.2 Å². The maximum absolute atomic E-state index is 5.54. The highest BCUT2D eigenvalue weighted by Crippen LogP contribution is 2.26. The predicted molar refractivity (Wildman–Crippen MR) is 65.2 cm³/mol. The molecule has 0 aliphatic rings. The minimum Gasteiger partial charge on any atom is -0.325 e. The summed E-state index contributed by atoms with van der Waals surface area (Å²) in [4.78, 5) is 9.75. The average molecular weight is 231 g/mol. The fourth-order valence-electron chi connectivity index (χ4n) is 1.31. The lowest BCUT2D eigenvalue weighted by Gasteiger charge is -2.04. The Balaban J connectivity index is 2.24. The van der Waals surface area contributed by atoms with Crippen LogP contribution in [-0.4, -0.2) is 9.97 Å². The maximum Gasteiger partial charge on any atom is 0.192 e. The van der Waals surface area contributed by atoms with Crippen molar-refractivity contribution in [2.45, 2.75) is 23.5 Å². The van der Waals surface area contributed by atoms with Gasteiger partial charge in [-0.3, -0.25) is 0 Å². The molecule has 0 bridgehead atoms. The van der Waals surface area contributed by atoms with Gasteiger partial charge in [-0.05, 0) is 36.4 Å². The average Bonchev–Trinajstić information content (AvgIpc) is 2.32. The van der Waals surface area contributed by atoms with Crippen molar-refractivity contribution in [3.05, 3.63) is 47.8 Å². The summed E-state index contributed by atoms with van der Waals surface area (Å²) in [6, 6.07) is 10.0. The molecule has 1 heterocycles. The van der Waals surface area contributed by atoms with Crippen molar-refractivity contribution in [1.82, 2.24) is 9.97 Å². The third-order valence-corrected chi connectivity index (χ3v) is 3.25. The van der Waals surface area contributed by atoms with E-state index in [0.29, 0.717) is 6.54 Å². The Morgan fingerprint density at radius 3 is 2.81 bits per heavy atom. The Bertz CT molecular complexity index is 485. The van der Waals surface area contributed by atoms with E-state index in [1.54, 1.807) is 18.0 Å². The summed E-state index contributed by atoms with van der Waals surface area (Å²) >= 11 is 1.57. The monoisotopic (exact) mass is 231 g/mol. The highest BCUT2D eigenvalue weighted by Gasteiger charge is 2.03. The van der Waals surface area contributed by atoms with E-state index < -0.39 is 0 Å². The van der Waals surface area contributed by atoms with Crippen molar-refractivity contribution in [1.29, 1.82) is 0 Å². The lowest BCUT2D eigenvalue weighted by molar-refractivity contribution is 0.874. The standard InChI is InChI=1S/C12H13N3S/c1-9-4-2-3-5-11(9)16-12-14-7-6-10(8-13)15-12/h2-7H,8,13H2,1H3. The molecule has 0 spiro atoms. The number of aromatic nitrogens is 2. The molecule has 1 aromatic carbocycles. The van der Waals surface area contributed by atoms with Gasteiger partial charge in [0.1, 0.15) is 0 Å². The van der Waals surface area contributed by atoms with Crippen LogP contribution in [0.5, 0.6) is 0 Å². The Labute approximate surface area is 99.1 Å². The van der Waals surface area contributed by atoms with Crippen molar-refractivity contribution >= 4 is 11.8 Å². The van der Waals surface area contributed by atoms with Crippen LogP contribution in [0, 0.1) is 6.92 Å². The van der Waals surface area contributed by atoms with E-state index in [-0.39, 0.29) is 0 Å². The Morgan fingerprint density at radius 1 is 1.25 bits per heavy atom. The molecule has 0 aliphatic heterocycles. The largest absolute Gasteiger partial charge is 0.325 e. The van der Waals surface area contributed by atoms with Crippen LogP contribution >= 0.6 is 11.8 Å². The second-order valence-electron chi connectivity index (χ2n) is 3.40. The molecule has 0 saturated carbocycles. The molecule has 82 valence electrons. The van der Waals surface area contributed by atoms with Crippen molar-refractivity contribution in [3.63, 3.8) is 0 Å². The second-order valence-corrected chi connectivity index (χ2v) is 4.41. The highest BCUT2D eigenvalue weighted by molar-refractivity contribution is 7.99. The number of benzene rings is 1. The van der Waals surface area contributed by atoms with Crippen LogP contribution in [0.2, 0.25) is 0 Å². The molecule has 16 heavy (non-hydrogen) atoms. The van der Waals surface area contributed by atoms with Crippen LogP contribution in [0.3, 0.4) is 0 Å². The Kier molecular flexibility index (Phi) is 3.54. The fraction of sp³-hybridized carbons (Fsp3) is 0.167. The third-order valence-electron chi connectivity index (χ3n) is 2.20. The number of hydrogen-bond acceptors (Lipinski definition) is 4. The number of hydrogen-bond donors (Lipinski definition) is 1. The minimum atomic E-state index is 0.448. The van der Waals surface area contributed by atoms with Gasteiger partial charge in [-0.25, -0.2) is 9.97 Å². The lowest BCUT2D eigenvalue weighted by atomic mass is 10.2. The molecule has 0 aliphatic carbocycles. The van der Waals surface area contributed by atoms with Gasteiger partial charge >= 0.3 is 0 Å². The zero-order valence-electron chi connectivity index (χ0n) is 9.05. The van der Waals surface area contributed by atoms with Gasteiger partial charge in [-0.2, -0.15) is 0 Å². The summed E-state index contributed by atoms with van der Waals surface area (Å²) in [5.74, 6) is 0. The summed E-state index contributed by atoms with van der Waals surface area (Å²) in [5, 5.41) is 0.747. The van der Waals surface area contributed by atoms with Gasteiger partial charge in [0.2, 0.25) is 0 Å². The molecule has 0 fully saturated rings. The van der Waals surface area contributed by atoms with Crippen LogP contribution in [-0.2, 0) is 6.54 Å². The first-order chi connectivity index (χ1) is 7.79. The molecular formula is C12H13N3S. The normalized spacial score (nSPS) is 10.4. The summed E-state index contributed by atoms with van der Waals surface area (Å²) in [5.41, 5.74) is 7.64. The van der Waals surface area contributed by atoms with Gasteiger partial charge in [0.05, 0.1) is 5.69 Å². The zero-order chi connectivity index (χ0) is 11.4. The first-order valence-corrected chi connectivity index (χ1v) is 5.86. The Morgan fingerprint density at radius 2 is 2.06 bits per heavy atom. The van der Waals surface area contributed by atoms with Crippen molar-refractivity contribution in [2.24, 2.45) is 5.73 Å². The molecule has 0 radical (unpaired) electrons. The lowest BCUT2D eigenvalue weighted by Crippen LogP contribution is -2.00. The van der Waals surface area contributed by atoms with Gasteiger partial charge in [-0.15, -0.1) is 0 Å². The molecule has 4 heteroatoms. The van der Waals surface area contributed by atoms with Crippen LogP contribution in [0.15, 0.2) is 46.6 Å². The van der Waals surface area contributed by atoms with Gasteiger partial charge in [0.15, 0.2) is 5.16 Å². The molecule has 1 aromatic heterocycles. The smallest absolute Gasteiger partial charge is 0.192 e. The highest BCUT2D eigenvalue weighted by atomic mass is 32.2. The third kappa shape index (κ3) is 2.59. The number of aryl methyl sites for hydroxylation is 1. The second kappa shape index (κ2) is 5.09. The SMILES string of the molecule is Cc1ccccc1Sc1nccc(CN)n1. The molecule has 2 N–H and O–H groups in total. The van der Waals surface area contributed by atoms with Gasteiger partial charge < -0.3 is 5.73 Å². The van der Waals surface area contributed by atoms with Crippen molar-refractivity contribution in [2.75, 3.05) is 0 Å². The molecule has 0 atom stereocenters. The summed E-state index contributed by atoms with van der Waals surface area (Å²) < 4.78 is 0. The first-order valence-electron chi connectivity index (χ1n) is 5.05. The van der Waals surface area contributed by atoms with Gasteiger partial charge in [0.25, 0.3) is 0 Å². The van der Waals surface area contributed by atoms with E-state index in [1.165, 1.54) is 10.5 Å². The number of nitrogens with two attached hydrogens (primary N) is 1. The van der Waals surface area contributed by atoms with Crippen molar-refractivity contribution in [3.8, 4) is 0 Å². The van der Waals surface area contributed by atoms with E-state index >= 15 is 0 Å². The topological polar surface area (TPSA) is 51.8 Å². The molecule has 3 nitrogen and oxygen atoms in total. The van der Waals surface area contributed by atoms with Crippen molar-refractivity contribution < 1.29 is 0 Å². The first kappa shape index (κ1) is 11.1. The number of rotatable bonds is 3. The molecule has 2 rings (SSSR count).